The number of aryl methyl sites for hydroxylation is 2. The SMILES string of the molecule is CC.Cc1cc(N2CCOC[C@H]2C(C)(F)F)cc(F)c1C(=O)N[C@@H](Cc1ccc(-n2c(=O)c3ccncc3n(C)c2=O)c2ncccc12)C(=O)O. The third kappa shape index (κ3) is 7.06. The number of amides is 1. The minimum absolute atomic E-state index is 0.0861. The second-order valence-corrected chi connectivity index (χ2v) is 11.9. The number of ether oxygens (including phenoxy) is 1. The van der Waals surface area contributed by atoms with E-state index in [-0.39, 0.29) is 54.0 Å². The van der Waals surface area contributed by atoms with Gasteiger partial charge in [-0.3, -0.25) is 24.1 Å². The van der Waals surface area contributed by atoms with Crippen LogP contribution in [0.25, 0.3) is 27.5 Å². The molecule has 5 aromatic rings. The summed E-state index contributed by atoms with van der Waals surface area (Å²) >= 11 is 0. The number of carbonyl (C=O) groups is 2. The molecule has 1 saturated heterocycles. The van der Waals surface area contributed by atoms with E-state index in [4.69, 9.17) is 4.74 Å². The molecule has 268 valence electrons. The second-order valence-electron chi connectivity index (χ2n) is 11.9. The lowest BCUT2D eigenvalue weighted by molar-refractivity contribution is -0.139. The maximum Gasteiger partial charge on any atom is 0.335 e. The summed E-state index contributed by atoms with van der Waals surface area (Å²) in [4.78, 5) is 62.3. The zero-order chi connectivity index (χ0) is 37.2. The molecule has 2 atom stereocenters. The summed E-state index contributed by atoms with van der Waals surface area (Å²) in [5, 5.41) is 13.1. The third-order valence-corrected chi connectivity index (χ3v) is 8.72. The van der Waals surface area contributed by atoms with E-state index >= 15 is 4.39 Å². The lowest BCUT2D eigenvalue weighted by atomic mass is 9.99. The van der Waals surface area contributed by atoms with Crippen LogP contribution in [0.15, 0.2) is 70.6 Å². The van der Waals surface area contributed by atoms with Crippen molar-refractivity contribution in [2.75, 3.05) is 24.7 Å². The number of nitrogens with zero attached hydrogens (tertiary/aromatic N) is 5. The Kier molecular flexibility index (Phi) is 10.6. The van der Waals surface area contributed by atoms with Crippen molar-refractivity contribution in [3.8, 4) is 5.69 Å². The molecule has 3 aromatic heterocycles. The molecule has 0 spiro atoms. The van der Waals surface area contributed by atoms with Crippen LogP contribution in [0.4, 0.5) is 18.9 Å². The van der Waals surface area contributed by atoms with Crippen LogP contribution < -0.4 is 21.5 Å². The molecule has 1 aliphatic rings. The van der Waals surface area contributed by atoms with Crippen LogP contribution in [-0.2, 0) is 23.0 Å². The van der Waals surface area contributed by atoms with Gasteiger partial charge in [0.15, 0.2) is 0 Å². The minimum atomic E-state index is -3.15. The molecule has 0 unspecified atom stereocenters. The Bertz CT molecular complexity index is 2230. The summed E-state index contributed by atoms with van der Waals surface area (Å²) in [6.07, 6.45) is 4.05. The maximum absolute atomic E-state index is 15.5. The van der Waals surface area contributed by atoms with Gasteiger partial charge in [0.25, 0.3) is 17.4 Å². The number of carboxylic acid groups (broad SMARTS) is 1. The van der Waals surface area contributed by atoms with E-state index in [2.05, 4.69) is 15.3 Å². The Hall–Kier alpha value is -5.57. The molecule has 0 radical (unpaired) electrons. The summed E-state index contributed by atoms with van der Waals surface area (Å²) in [5.41, 5.74) is -0.223. The van der Waals surface area contributed by atoms with Gasteiger partial charge in [-0.1, -0.05) is 26.0 Å². The number of carbonyl (C=O) groups excluding carboxylic acids is 1. The van der Waals surface area contributed by atoms with Crippen molar-refractivity contribution in [1.29, 1.82) is 0 Å². The number of fused-ring (bicyclic) bond motifs is 2. The van der Waals surface area contributed by atoms with Crippen LogP contribution in [0.5, 0.6) is 0 Å². The highest BCUT2D eigenvalue weighted by Crippen LogP contribution is 2.32. The van der Waals surface area contributed by atoms with Gasteiger partial charge in [-0.2, -0.15) is 0 Å². The Morgan fingerprint density at radius 1 is 1.12 bits per heavy atom. The lowest BCUT2D eigenvalue weighted by Crippen LogP contribution is -2.54. The summed E-state index contributed by atoms with van der Waals surface area (Å²) in [5.74, 6) is -6.56. The van der Waals surface area contributed by atoms with Gasteiger partial charge in [0.1, 0.15) is 17.9 Å². The summed E-state index contributed by atoms with van der Waals surface area (Å²) in [7, 11) is 1.51. The molecule has 0 bridgehead atoms. The number of morpholine rings is 1. The number of alkyl halides is 2. The molecule has 15 heteroatoms. The van der Waals surface area contributed by atoms with E-state index in [1.165, 1.54) is 66.3 Å². The van der Waals surface area contributed by atoms with Crippen LogP contribution in [0, 0.1) is 12.7 Å². The molecule has 1 amide bonds. The van der Waals surface area contributed by atoms with Gasteiger partial charge in [-0.05, 0) is 48.4 Å². The van der Waals surface area contributed by atoms with Crippen LogP contribution in [0.2, 0.25) is 0 Å². The largest absolute Gasteiger partial charge is 0.480 e. The number of nitrogens with one attached hydrogen (secondary N) is 1. The number of rotatable bonds is 8. The summed E-state index contributed by atoms with van der Waals surface area (Å²) in [6, 6.07) is 7.27. The van der Waals surface area contributed by atoms with Crippen molar-refractivity contribution in [3.05, 3.63) is 104 Å². The molecule has 51 heavy (non-hydrogen) atoms. The number of anilines is 1. The predicted octanol–water partition coefficient (Wildman–Crippen LogP) is 4.39. The van der Waals surface area contributed by atoms with Gasteiger partial charge in [0.05, 0.1) is 47.1 Å². The van der Waals surface area contributed by atoms with Crippen molar-refractivity contribution >= 4 is 39.4 Å². The van der Waals surface area contributed by atoms with Gasteiger partial charge in [0.2, 0.25) is 0 Å². The van der Waals surface area contributed by atoms with Crippen molar-refractivity contribution in [2.45, 2.75) is 52.1 Å². The first-order valence-electron chi connectivity index (χ1n) is 16.3. The fourth-order valence-electron chi connectivity index (χ4n) is 6.24. The first-order valence-corrected chi connectivity index (χ1v) is 16.3. The van der Waals surface area contributed by atoms with E-state index in [9.17, 15) is 33.1 Å². The standard InChI is InChI=1S/C34H31F3N6O6.C2H6/c1-18-13-20(42-11-12-49-17-27(42)34(2,36)37)15-23(35)28(18)30(44)40-24(32(46)47)14-19-6-7-25(29-21(19)5-4-9-39-29)43-31(45)22-8-10-38-16-26(22)41(3)33(43)48;1-2/h4-10,13,15-16,24,27H,11-12,14,17H2,1-3H3,(H,40,44)(H,46,47);1-2H3/t24-,27-;/m0./s1. The number of halogens is 3. The molecule has 0 aliphatic carbocycles. The second kappa shape index (κ2) is 14.7. The molecule has 1 aliphatic heterocycles. The van der Waals surface area contributed by atoms with Crippen LogP contribution in [-0.4, -0.2) is 73.8 Å². The molecule has 0 saturated carbocycles. The highest BCUT2D eigenvalue weighted by molar-refractivity contribution is 5.99. The molecular weight excluding hydrogens is 669 g/mol. The van der Waals surface area contributed by atoms with Crippen molar-refractivity contribution < 1.29 is 32.6 Å². The van der Waals surface area contributed by atoms with E-state index in [1.807, 2.05) is 13.8 Å². The molecule has 6 rings (SSSR count). The Labute approximate surface area is 290 Å². The van der Waals surface area contributed by atoms with E-state index in [0.717, 1.165) is 17.6 Å². The Balaban J connectivity index is 0.00000248. The Morgan fingerprint density at radius 2 is 1.86 bits per heavy atom. The minimum Gasteiger partial charge on any atom is -0.480 e. The Morgan fingerprint density at radius 3 is 2.55 bits per heavy atom. The topological polar surface area (TPSA) is 149 Å². The van der Waals surface area contributed by atoms with Gasteiger partial charge in [-0.25, -0.2) is 27.3 Å². The average Bonchev–Trinajstić information content (AvgIpc) is 3.11. The first-order chi connectivity index (χ1) is 24.3. The highest BCUT2D eigenvalue weighted by atomic mass is 19.3. The van der Waals surface area contributed by atoms with Gasteiger partial charge < -0.3 is 20.1 Å². The highest BCUT2D eigenvalue weighted by Gasteiger charge is 2.41. The number of pyridine rings is 2. The number of hydrogen-bond acceptors (Lipinski definition) is 8. The smallest absolute Gasteiger partial charge is 0.335 e. The van der Waals surface area contributed by atoms with Crippen LogP contribution >= 0.6 is 0 Å². The number of carboxylic acids is 1. The fraction of sp³-hybridized carbons (Fsp3) is 0.333. The number of benzene rings is 2. The molecule has 4 heterocycles. The quantitative estimate of drug-likeness (QED) is 0.240. The van der Waals surface area contributed by atoms with Crippen molar-refractivity contribution in [2.24, 2.45) is 7.05 Å². The van der Waals surface area contributed by atoms with Gasteiger partial charge in [-0.15, -0.1) is 0 Å². The normalized spacial score (nSPS) is 15.3. The fourth-order valence-corrected chi connectivity index (χ4v) is 6.24. The summed E-state index contributed by atoms with van der Waals surface area (Å²) < 4.78 is 51.6. The molecule has 12 nitrogen and oxygen atoms in total. The average molecular weight is 707 g/mol. The van der Waals surface area contributed by atoms with Gasteiger partial charge in [0, 0.05) is 50.4 Å². The van der Waals surface area contributed by atoms with E-state index in [0.29, 0.717) is 16.5 Å². The van der Waals surface area contributed by atoms with Gasteiger partial charge >= 0.3 is 11.7 Å². The number of aromatic nitrogens is 4. The molecule has 1 fully saturated rings. The monoisotopic (exact) mass is 706 g/mol. The van der Waals surface area contributed by atoms with Crippen LogP contribution in [0.3, 0.4) is 0 Å². The zero-order valence-electron chi connectivity index (χ0n) is 28.6. The number of hydrogen-bond donors (Lipinski definition) is 2. The van der Waals surface area contributed by atoms with Crippen molar-refractivity contribution in [3.63, 3.8) is 0 Å². The van der Waals surface area contributed by atoms with E-state index < -0.39 is 52.5 Å². The van der Waals surface area contributed by atoms with Crippen LogP contribution in [0.1, 0.15) is 42.3 Å². The zero-order valence-corrected chi connectivity index (χ0v) is 28.6. The van der Waals surface area contributed by atoms with Crippen molar-refractivity contribution in [1.82, 2.24) is 24.4 Å². The lowest BCUT2D eigenvalue weighted by Gasteiger charge is -2.40. The molecular formula is C36H37F3N6O6. The predicted molar refractivity (Wildman–Crippen MR) is 186 cm³/mol. The number of aliphatic carboxylic acids is 1. The first kappa shape index (κ1) is 36.7. The molecule has 2 N–H and O–H groups in total. The summed E-state index contributed by atoms with van der Waals surface area (Å²) in [6.45, 7) is 6.18. The van der Waals surface area contributed by atoms with E-state index in [1.54, 1.807) is 12.1 Å². The molecule has 2 aromatic carbocycles. The maximum atomic E-state index is 15.5. The third-order valence-electron chi connectivity index (χ3n) is 8.72.